The maximum atomic E-state index is 12.9. The fourth-order valence-corrected chi connectivity index (χ4v) is 4.17. The highest BCUT2D eigenvalue weighted by Crippen LogP contribution is 2.31. The van der Waals surface area contributed by atoms with Crippen LogP contribution in [-0.4, -0.2) is 30.1 Å². The summed E-state index contributed by atoms with van der Waals surface area (Å²) in [6, 6.07) is 9.84. The first-order chi connectivity index (χ1) is 11.6. The number of halogens is 1. The van der Waals surface area contributed by atoms with Crippen molar-refractivity contribution in [3.8, 4) is 0 Å². The van der Waals surface area contributed by atoms with Gasteiger partial charge in [-0.1, -0.05) is 6.07 Å². The Morgan fingerprint density at radius 1 is 1.21 bits per heavy atom. The first-order valence-corrected chi connectivity index (χ1v) is 9.12. The van der Waals surface area contributed by atoms with E-state index >= 15 is 0 Å². The molecule has 0 unspecified atom stereocenters. The minimum Gasteiger partial charge on any atom is -0.333 e. The van der Waals surface area contributed by atoms with Gasteiger partial charge in [0.25, 0.3) is 0 Å². The summed E-state index contributed by atoms with van der Waals surface area (Å²) in [5.74, 6) is -0.318. The van der Waals surface area contributed by atoms with Crippen LogP contribution in [0, 0.1) is 5.82 Å². The molecule has 1 aromatic carbocycles. The molecule has 24 heavy (non-hydrogen) atoms. The molecule has 2 aromatic rings. The number of thiophene rings is 1. The lowest BCUT2D eigenvalue weighted by atomic mass is 10.1. The molecule has 1 fully saturated rings. The van der Waals surface area contributed by atoms with Crippen molar-refractivity contribution >= 4 is 23.1 Å². The van der Waals surface area contributed by atoms with E-state index in [2.05, 4.69) is 27.0 Å². The van der Waals surface area contributed by atoms with E-state index in [-0.39, 0.29) is 23.9 Å². The summed E-state index contributed by atoms with van der Waals surface area (Å²) in [4.78, 5) is 16.0. The molecule has 128 valence electrons. The van der Waals surface area contributed by atoms with E-state index in [0.29, 0.717) is 5.69 Å². The average molecular weight is 347 g/mol. The van der Waals surface area contributed by atoms with Crippen molar-refractivity contribution in [2.75, 3.05) is 18.4 Å². The molecule has 0 spiro atoms. The van der Waals surface area contributed by atoms with Crippen LogP contribution in [0.4, 0.5) is 14.9 Å². The smallest absolute Gasteiger partial charge is 0.319 e. The van der Waals surface area contributed by atoms with Gasteiger partial charge in [-0.05, 0) is 68.6 Å². The predicted molar refractivity (Wildman–Crippen MR) is 95.9 cm³/mol. The topological polar surface area (TPSA) is 44.4 Å². The molecule has 0 radical (unpaired) electrons. The number of anilines is 1. The van der Waals surface area contributed by atoms with Crippen LogP contribution in [-0.2, 0) is 0 Å². The number of likely N-dealkylation sites (tertiary alicyclic amines) is 1. The van der Waals surface area contributed by atoms with Crippen LogP contribution in [0.15, 0.2) is 41.8 Å². The third-order valence-corrected chi connectivity index (χ3v) is 5.25. The van der Waals surface area contributed by atoms with E-state index in [4.69, 9.17) is 0 Å². The van der Waals surface area contributed by atoms with E-state index in [9.17, 15) is 9.18 Å². The molecule has 1 saturated heterocycles. The van der Waals surface area contributed by atoms with Crippen molar-refractivity contribution in [2.24, 2.45) is 0 Å². The lowest BCUT2D eigenvalue weighted by molar-refractivity contribution is 0.200. The molecule has 2 heterocycles. The first kappa shape index (κ1) is 16.9. The Morgan fingerprint density at radius 2 is 1.92 bits per heavy atom. The van der Waals surface area contributed by atoms with Gasteiger partial charge >= 0.3 is 6.03 Å². The number of carbonyl (C=O) groups excluding carboxylic acids is 1. The van der Waals surface area contributed by atoms with Gasteiger partial charge in [-0.2, -0.15) is 0 Å². The predicted octanol–water partition coefficient (Wildman–Crippen LogP) is 4.23. The fourth-order valence-electron chi connectivity index (χ4n) is 3.21. The van der Waals surface area contributed by atoms with Crippen LogP contribution in [0.2, 0.25) is 0 Å². The van der Waals surface area contributed by atoms with Crippen LogP contribution in [0.1, 0.15) is 30.7 Å². The van der Waals surface area contributed by atoms with Gasteiger partial charge in [-0.15, -0.1) is 11.3 Å². The molecule has 2 amide bonds. The van der Waals surface area contributed by atoms with Crippen molar-refractivity contribution in [1.29, 1.82) is 0 Å². The lowest BCUT2D eigenvalue weighted by Gasteiger charge is -2.32. The summed E-state index contributed by atoms with van der Waals surface area (Å²) in [7, 11) is 0. The Bertz CT molecular complexity index is 653. The summed E-state index contributed by atoms with van der Waals surface area (Å²) < 4.78 is 12.9. The summed E-state index contributed by atoms with van der Waals surface area (Å²) in [5.41, 5.74) is 0.579. The Balaban J connectivity index is 1.65. The maximum absolute atomic E-state index is 12.9. The highest BCUT2D eigenvalue weighted by atomic mass is 32.1. The Morgan fingerprint density at radius 3 is 2.54 bits per heavy atom. The van der Waals surface area contributed by atoms with E-state index in [0.717, 1.165) is 13.1 Å². The van der Waals surface area contributed by atoms with Crippen LogP contribution >= 0.6 is 11.3 Å². The standard InChI is InChI=1S/C18H22FN3OS/c1-13(20-18(23)21-15-8-6-14(19)7-9-15)17(16-5-4-12-24-16)22-10-2-3-11-22/h4-9,12-13,17H,2-3,10-11H2,1H3,(H2,20,21,23)/t13-,17-/m0/s1. The normalized spacial score (nSPS) is 17.4. The third-order valence-electron chi connectivity index (χ3n) is 4.30. The summed E-state index contributed by atoms with van der Waals surface area (Å²) in [6.07, 6.45) is 2.41. The molecule has 1 aliphatic heterocycles. The zero-order chi connectivity index (χ0) is 16.9. The molecular formula is C18H22FN3OS. The number of hydrogen-bond donors (Lipinski definition) is 2. The molecule has 0 bridgehead atoms. The zero-order valence-electron chi connectivity index (χ0n) is 13.7. The number of rotatable bonds is 5. The van der Waals surface area contributed by atoms with Crippen LogP contribution in [0.25, 0.3) is 0 Å². The SMILES string of the molecule is C[C@H](NC(=O)Nc1ccc(F)cc1)[C@@H](c1cccs1)N1CCCC1. The number of nitrogens with one attached hydrogen (secondary N) is 2. The zero-order valence-corrected chi connectivity index (χ0v) is 14.5. The molecule has 6 heteroatoms. The van der Waals surface area contributed by atoms with Crippen molar-refractivity contribution in [1.82, 2.24) is 10.2 Å². The van der Waals surface area contributed by atoms with Gasteiger partial charge in [0.2, 0.25) is 0 Å². The van der Waals surface area contributed by atoms with Crippen molar-refractivity contribution in [3.05, 3.63) is 52.5 Å². The number of benzene rings is 1. The maximum Gasteiger partial charge on any atom is 0.319 e. The minimum absolute atomic E-state index is 0.0257. The highest BCUT2D eigenvalue weighted by Gasteiger charge is 2.29. The average Bonchev–Trinajstić information content (AvgIpc) is 3.24. The number of nitrogens with zero attached hydrogens (tertiary/aromatic N) is 1. The van der Waals surface area contributed by atoms with Crippen LogP contribution < -0.4 is 10.6 Å². The van der Waals surface area contributed by atoms with Gasteiger partial charge in [-0.25, -0.2) is 9.18 Å². The highest BCUT2D eigenvalue weighted by molar-refractivity contribution is 7.10. The Hall–Kier alpha value is -1.92. The monoisotopic (exact) mass is 347 g/mol. The molecule has 1 aromatic heterocycles. The Kier molecular flexibility index (Phi) is 5.48. The van der Waals surface area contributed by atoms with Crippen LogP contribution in [0.3, 0.4) is 0 Å². The second-order valence-electron chi connectivity index (χ2n) is 6.10. The van der Waals surface area contributed by atoms with Gasteiger partial charge < -0.3 is 10.6 Å². The van der Waals surface area contributed by atoms with Crippen molar-refractivity contribution in [2.45, 2.75) is 31.8 Å². The molecule has 3 rings (SSSR count). The summed E-state index contributed by atoms with van der Waals surface area (Å²) >= 11 is 1.72. The molecule has 0 aliphatic carbocycles. The van der Waals surface area contributed by atoms with E-state index < -0.39 is 0 Å². The minimum atomic E-state index is -0.318. The number of urea groups is 1. The first-order valence-electron chi connectivity index (χ1n) is 8.24. The molecule has 4 nitrogen and oxygen atoms in total. The second-order valence-corrected chi connectivity index (χ2v) is 7.08. The largest absolute Gasteiger partial charge is 0.333 e. The van der Waals surface area contributed by atoms with E-state index in [1.807, 2.05) is 13.0 Å². The number of amides is 2. The second kappa shape index (κ2) is 7.77. The number of carbonyl (C=O) groups is 1. The van der Waals surface area contributed by atoms with Gasteiger partial charge in [0.15, 0.2) is 0 Å². The molecule has 2 atom stereocenters. The summed E-state index contributed by atoms with van der Waals surface area (Å²) in [6.45, 7) is 4.16. The van der Waals surface area contributed by atoms with Crippen molar-refractivity contribution in [3.63, 3.8) is 0 Å². The lowest BCUT2D eigenvalue weighted by Crippen LogP contribution is -2.45. The quantitative estimate of drug-likeness (QED) is 0.850. The molecular weight excluding hydrogens is 325 g/mol. The van der Waals surface area contributed by atoms with Gasteiger partial charge in [0.05, 0.1) is 6.04 Å². The molecule has 0 saturated carbocycles. The molecule has 1 aliphatic rings. The Labute approximate surface area is 145 Å². The van der Waals surface area contributed by atoms with E-state index in [1.165, 1.54) is 29.9 Å². The number of hydrogen-bond acceptors (Lipinski definition) is 3. The van der Waals surface area contributed by atoms with Gasteiger partial charge in [-0.3, -0.25) is 4.90 Å². The fraction of sp³-hybridized carbons (Fsp3) is 0.389. The van der Waals surface area contributed by atoms with Gasteiger partial charge in [0.1, 0.15) is 5.82 Å². The summed E-state index contributed by atoms with van der Waals surface area (Å²) in [5, 5.41) is 7.86. The van der Waals surface area contributed by atoms with Crippen molar-refractivity contribution < 1.29 is 9.18 Å². The van der Waals surface area contributed by atoms with Crippen LogP contribution in [0.5, 0.6) is 0 Å². The van der Waals surface area contributed by atoms with Gasteiger partial charge in [0, 0.05) is 16.6 Å². The third kappa shape index (κ3) is 4.13. The van der Waals surface area contributed by atoms with E-state index in [1.54, 1.807) is 23.5 Å². The molecule has 2 N–H and O–H groups in total.